The van der Waals surface area contributed by atoms with Crippen molar-refractivity contribution < 1.29 is 4.79 Å². The molecule has 1 saturated heterocycles. The fraction of sp³-hybridized carbons (Fsp3) is 0.438. The molecule has 1 amide bonds. The fourth-order valence-electron chi connectivity index (χ4n) is 2.51. The average molecular weight is 404 g/mol. The van der Waals surface area contributed by atoms with Gasteiger partial charge in [-0.25, -0.2) is 0 Å². The first kappa shape index (κ1) is 21.8. The zero-order valence-electron chi connectivity index (χ0n) is 13.8. The van der Waals surface area contributed by atoms with E-state index in [2.05, 4.69) is 20.7 Å². The van der Waals surface area contributed by atoms with Crippen molar-refractivity contribution >= 4 is 48.3 Å². The lowest BCUT2D eigenvalue weighted by atomic mass is 10.2. The second-order valence-corrected chi connectivity index (χ2v) is 6.70. The number of pyridine rings is 1. The van der Waals surface area contributed by atoms with E-state index in [0.717, 1.165) is 31.0 Å². The number of nitrogens with one attached hydrogen (secondary N) is 2. The van der Waals surface area contributed by atoms with Crippen molar-refractivity contribution in [2.45, 2.75) is 25.4 Å². The van der Waals surface area contributed by atoms with Crippen LogP contribution in [0, 0.1) is 0 Å². The number of rotatable bonds is 6. The summed E-state index contributed by atoms with van der Waals surface area (Å²) in [7, 11) is 0. The number of nitrogens with zero attached hydrogens (tertiary/aromatic N) is 3. The van der Waals surface area contributed by atoms with Gasteiger partial charge in [0.2, 0.25) is 5.91 Å². The maximum absolute atomic E-state index is 12.1. The number of aromatic nitrogens is 3. The predicted molar refractivity (Wildman–Crippen MR) is 107 cm³/mol. The van der Waals surface area contributed by atoms with Crippen LogP contribution in [0.5, 0.6) is 0 Å². The molecule has 1 atom stereocenters. The number of anilines is 1. The lowest BCUT2D eigenvalue weighted by Crippen LogP contribution is -2.39. The van der Waals surface area contributed by atoms with Crippen LogP contribution in [0.3, 0.4) is 0 Å². The molecule has 3 heterocycles. The van der Waals surface area contributed by atoms with Crippen LogP contribution < -0.4 is 10.6 Å². The van der Waals surface area contributed by atoms with E-state index in [9.17, 15) is 4.79 Å². The highest BCUT2D eigenvalue weighted by Gasteiger charge is 2.17. The molecule has 9 heteroatoms. The summed E-state index contributed by atoms with van der Waals surface area (Å²) >= 11 is 1.89. The smallest absolute Gasteiger partial charge is 0.227 e. The highest BCUT2D eigenvalue weighted by molar-refractivity contribution is 7.99. The minimum absolute atomic E-state index is 0. The van der Waals surface area contributed by atoms with Crippen molar-refractivity contribution in [3.63, 3.8) is 0 Å². The van der Waals surface area contributed by atoms with E-state index in [1.54, 1.807) is 12.4 Å². The van der Waals surface area contributed by atoms with E-state index in [1.165, 1.54) is 5.56 Å². The van der Waals surface area contributed by atoms with Crippen LogP contribution in [-0.4, -0.2) is 44.8 Å². The summed E-state index contributed by atoms with van der Waals surface area (Å²) in [4.78, 5) is 16.1. The van der Waals surface area contributed by atoms with Crippen LogP contribution in [0.4, 0.5) is 5.82 Å². The number of hydrogen-bond acceptors (Lipinski definition) is 5. The van der Waals surface area contributed by atoms with Crippen LogP contribution in [0.15, 0.2) is 36.8 Å². The molecule has 2 aromatic rings. The Bertz CT molecular complexity index is 634. The first-order valence-electron chi connectivity index (χ1n) is 7.83. The minimum atomic E-state index is 0. The maximum atomic E-state index is 12.1. The second kappa shape index (κ2) is 11.4. The Morgan fingerprint density at radius 1 is 1.32 bits per heavy atom. The van der Waals surface area contributed by atoms with E-state index in [0.29, 0.717) is 12.2 Å². The van der Waals surface area contributed by atoms with Gasteiger partial charge in [0, 0.05) is 61.7 Å². The third-order valence-corrected chi connectivity index (χ3v) is 4.85. The summed E-state index contributed by atoms with van der Waals surface area (Å²) in [6, 6.07) is 6.11. The van der Waals surface area contributed by atoms with Crippen molar-refractivity contribution in [2.75, 3.05) is 23.4 Å². The third kappa shape index (κ3) is 7.23. The van der Waals surface area contributed by atoms with E-state index < -0.39 is 0 Å². The molecule has 0 radical (unpaired) electrons. The van der Waals surface area contributed by atoms with Crippen molar-refractivity contribution in [2.24, 2.45) is 0 Å². The summed E-state index contributed by atoms with van der Waals surface area (Å²) in [6.07, 6.45) is 6.87. The summed E-state index contributed by atoms with van der Waals surface area (Å²) in [5.74, 6) is 2.76. The number of halogens is 2. The number of thioether (sulfide) groups is 1. The molecule has 1 fully saturated rings. The highest BCUT2D eigenvalue weighted by Crippen LogP contribution is 2.11. The molecule has 1 aliphatic rings. The molecule has 2 N–H and O–H groups in total. The summed E-state index contributed by atoms with van der Waals surface area (Å²) < 4.78 is 1.85. The number of carbonyl (C=O) groups excluding carboxylic acids is 1. The first-order chi connectivity index (χ1) is 11.3. The molecular formula is C16H23Cl2N5OS. The maximum Gasteiger partial charge on any atom is 0.227 e. The number of hydrogen-bond donors (Lipinski definition) is 2. The average Bonchev–Trinajstić information content (AvgIpc) is 3.02. The highest BCUT2D eigenvalue weighted by atomic mass is 35.5. The van der Waals surface area contributed by atoms with Crippen LogP contribution >= 0.6 is 36.6 Å². The zero-order valence-corrected chi connectivity index (χ0v) is 16.2. The van der Waals surface area contributed by atoms with Gasteiger partial charge in [-0.05, 0) is 24.1 Å². The van der Waals surface area contributed by atoms with Crippen molar-refractivity contribution in [3.05, 3.63) is 42.4 Å². The largest absolute Gasteiger partial charge is 0.312 e. The topological polar surface area (TPSA) is 71.8 Å². The van der Waals surface area contributed by atoms with Gasteiger partial charge in [0.15, 0.2) is 5.82 Å². The van der Waals surface area contributed by atoms with Crippen LogP contribution in [-0.2, 0) is 17.8 Å². The van der Waals surface area contributed by atoms with Gasteiger partial charge in [-0.1, -0.05) is 0 Å². The Hall–Kier alpha value is -1.28. The zero-order chi connectivity index (χ0) is 15.9. The fourth-order valence-corrected chi connectivity index (χ4v) is 3.46. The Balaban J connectivity index is 0.00000156. The van der Waals surface area contributed by atoms with Crippen molar-refractivity contribution in [1.29, 1.82) is 0 Å². The van der Waals surface area contributed by atoms with Gasteiger partial charge < -0.3 is 10.6 Å². The van der Waals surface area contributed by atoms with Gasteiger partial charge >= 0.3 is 0 Å². The second-order valence-electron chi connectivity index (χ2n) is 5.55. The molecule has 1 aliphatic heterocycles. The Labute approximate surface area is 164 Å². The van der Waals surface area contributed by atoms with Gasteiger partial charge in [-0.3, -0.25) is 14.5 Å². The number of aryl methyl sites for hydroxylation is 2. The standard InChI is InChI=1S/C16H21N5OS.2ClH/c22-16(11-14-12-23-10-7-18-14)19-15-4-9-21(20-15)8-3-13-1-5-17-6-2-13;;/h1-2,4-6,9,14,18H,3,7-8,10-12H2,(H,19,20,22);2*1H. The van der Waals surface area contributed by atoms with Gasteiger partial charge in [-0.15, -0.1) is 24.8 Å². The lowest BCUT2D eigenvalue weighted by Gasteiger charge is -2.22. The molecule has 6 nitrogen and oxygen atoms in total. The molecule has 0 bridgehead atoms. The summed E-state index contributed by atoms with van der Waals surface area (Å²) in [5.41, 5.74) is 1.22. The molecule has 0 saturated carbocycles. The Morgan fingerprint density at radius 2 is 2.12 bits per heavy atom. The van der Waals surface area contributed by atoms with Gasteiger partial charge in [0.05, 0.1) is 0 Å². The predicted octanol–water partition coefficient (Wildman–Crippen LogP) is 2.40. The quantitative estimate of drug-likeness (QED) is 0.774. The van der Waals surface area contributed by atoms with Gasteiger partial charge in [-0.2, -0.15) is 16.9 Å². The number of carbonyl (C=O) groups is 1. The normalized spacial score (nSPS) is 16.4. The van der Waals surface area contributed by atoms with Crippen LogP contribution in [0.1, 0.15) is 12.0 Å². The molecule has 0 spiro atoms. The monoisotopic (exact) mass is 403 g/mol. The SMILES string of the molecule is Cl.Cl.O=C(CC1CSCCN1)Nc1ccn(CCc2ccncc2)n1. The molecule has 0 aromatic carbocycles. The third-order valence-electron chi connectivity index (χ3n) is 3.72. The molecule has 0 aliphatic carbocycles. The van der Waals surface area contributed by atoms with Gasteiger partial charge in [0.1, 0.15) is 0 Å². The van der Waals surface area contributed by atoms with E-state index in [4.69, 9.17) is 0 Å². The number of amides is 1. The van der Waals surface area contributed by atoms with Crippen molar-refractivity contribution in [3.8, 4) is 0 Å². The minimum Gasteiger partial charge on any atom is -0.312 e. The van der Waals surface area contributed by atoms with E-state index >= 15 is 0 Å². The molecule has 138 valence electrons. The molecular weight excluding hydrogens is 381 g/mol. The van der Waals surface area contributed by atoms with Crippen LogP contribution in [0.2, 0.25) is 0 Å². The molecule has 25 heavy (non-hydrogen) atoms. The molecule has 2 aromatic heterocycles. The first-order valence-corrected chi connectivity index (χ1v) is 8.98. The Morgan fingerprint density at radius 3 is 2.84 bits per heavy atom. The summed E-state index contributed by atoms with van der Waals surface area (Å²) in [6.45, 7) is 1.76. The summed E-state index contributed by atoms with van der Waals surface area (Å²) in [5, 5.41) is 10.6. The van der Waals surface area contributed by atoms with Crippen molar-refractivity contribution in [1.82, 2.24) is 20.1 Å². The lowest BCUT2D eigenvalue weighted by molar-refractivity contribution is -0.116. The van der Waals surface area contributed by atoms with Gasteiger partial charge in [0.25, 0.3) is 0 Å². The molecule has 1 unspecified atom stereocenters. The Kier molecular flexibility index (Phi) is 9.89. The molecule has 3 rings (SSSR count). The van der Waals surface area contributed by atoms with E-state index in [-0.39, 0.29) is 36.8 Å². The van der Waals surface area contributed by atoms with Crippen LogP contribution in [0.25, 0.3) is 0 Å². The van der Waals surface area contributed by atoms with E-state index in [1.807, 2.05) is 40.8 Å².